The van der Waals surface area contributed by atoms with Crippen LogP contribution in [0.3, 0.4) is 0 Å². The van der Waals surface area contributed by atoms with Crippen molar-refractivity contribution in [1.82, 2.24) is 9.88 Å². The van der Waals surface area contributed by atoms with Crippen LogP contribution in [0.1, 0.15) is 37.7 Å². The smallest absolute Gasteiger partial charge is 0.244 e. The van der Waals surface area contributed by atoms with Crippen molar-refractivity contribution >= 4 is 11.6 Å². The molecule has 2 aliphatic heterocycles. The molecule has 140 valence electrons. The van der Waals surface area contributed by atoms with Crippen molar-refractivity contribution in [2.24, 2.45) is 0 Å². The third-order valence-corrected chi connectivity index (χ3v) is 6.16. The largest absolute Gasteiger partial charge is 0.487 e. The average molecular weight is 363 g/mol. The summed E-state index contributed by atoms with van der Waals surface area (Å²) in [5, 5.41) is 0. The van der Waals surface area contributed by atoms with Gasteiger partial charge in [0.15, 0.2) is 0 Å². The molecule has 2 unspecified atom stereocenters. The van der Waals surface area contributed by atoms with Crippen LogP contribution in [0.25, 0.3) is 0 Å². The molecule has 0 radical (unpaired) electrons. The lowest BCUT2D eigenvalue weighted by Gasteiger charge is -2.33. The standard InChI is InChI=1S/C22H25N3O2/c26-22-20-12-18(15-24(20)17-7-1-2-8-17)27-21-10-4-3-9-19(21)25(22)14-16-6-5-11-23-13-16/h3-6,9-11,13,17-18,20H,1-2,7-8,12,14-15H2. The maximum absolute atomic E-state index is 13.7. The van der Waals surface area contributed by atoms with Crippen LogP contribution in [-0.4, -0.2) is 40.5 Å². The van der Waals surface area contributed by atoms with Gasteiger partial charge in [0, 0.05) is 31.4 Å². The molecule has 1 aromatic carbocycles. The van der Waals surface area contributed by atoms with Gasteiger partial charge in [-0.25, -0.2) is 0 Å². The minimum atomic E-state index is -0.0804. The third-order valence-electron chi connectivity index (χ3n) is 6.16. The van der Waals surface area contributed by atoms with Gasteiger partial charge in [-0.2, -0.15) is 0 Å². The van der Waals surface area contributed by atoms with Crippen LogP contribution in [0.2, 0.25) is 0 Å². The van der Waals surface area contributed by atoms with Gasteiger partial charge in [0.05, 0.1) is 18.3 Å². The molecule has 27 heavy (non-hydrogen) atoms. The molecule has 5 heteroatoms. The highest BCUT2D eigenvalue weighted by Gasteiger charge is 2.45. The van der Waals surface area contributed by atoms with Crippen molar-refractivity contribution in [3.8, 4) is 5.75 Å². The molecule has 1 amide bonds. The van der Waals surface area contributed by atoms with Gasteiger partial charge in [-0.3, -0.25) is 14.7 Å². The summed E-state index contributed by atoms with van der Waals surface area (Å²) in [6, 6.07) is 12.3. The first kappa shape index (κ1) is 16.8. The topological polar surface area (TPSA) is 45.7 Å². The third kappa shape index (κ3) is 3.10. The van der Waals surface area contributed by atoms with Crippen LogP contribution in [0.4, 0.5) is 5.69 Å². The summed E-state index contributed by atoms with van der Waals surface area (Å²) in [7, 11) is 0. The lowest BCUT2D eigenvalue weighted by atomic mass is 10.1. The normalized spacial score (nSPS) is 25.8. The van der Waals surface area contributed by atoms with Gasteiger partial charge in [-0.05, 0) is 36.6 Å². The van der Waals surface area contributed by atoms with E-state index in [1.807, 2.05) is 47.5 Å². The van der Waals surface area contributed by atoms with E-state index in [-0.39, 0.29) is 18.1 Å². The number of anilines is 1. The number of fused-ring (bicyclic) bond motifs is 3. The van der Waals surface area contributed by atoms with Crippen molar-refractivity contribution in [1.29, 1.82) is 0 Å². The van der Waals surface area contributed by atoms with E-state index >= 15 is 0 Å². The van der Waals surface area contributed by atoms with Crippen LogP contribution in [0.15, 0.2) is 48.8 Å². The molecular weight excluding hydrogens is 338 g/mol. The zero-order valence-corrected chi connectivity index (χ0v) is 15.5. The quantitative estimate of drug-likeness (QED) is 0.839. The van der Waals surface area contributed by atoms with Crippen molar-refractivity contribution in [3.05, 3.63) is 54.4 Å². The SMILES string of the molecule is O=C1C2CC(CN2C2CCCC2)Oc2ccccc2N1Cc1cccnc1. The Hall–Kier alpha value is -2.40. The first-order valence-corrected chi connectivity index (χ1v) is 10.0. The average Bonchev–Trinajstić information content (AvgIpc) is 3.36. The van der Waals surface area contributed by atoms with Gasteiger partial charge in [-0.1, -0.05) is 31.0 Å². The van der Waals surface area contributed by atoms with Crippen LogP contribution in [-0.2, 0) is 11.3 Å². The maximum Gasteiger partial charge on any atom is 0.244 e. The van der Waals surface area contributed by atoms with Gasteiger partial charge in [0.1, 0.15) is 11.9 Å². The summed E-state index contributed by atoms with van der Waals surface area (Å²) in [6.45, 7) is 1.38. The van der Waals surface area contributed by atoms with Crippen LogP contribution < -0.4 is 9.64 Å². The molecule has 0 spiro atoms. The monoisotopic (exact) mass is 363 g/mol. The van der Waals surface area contributed by atoms with Crippen LogP contribution in [0.5, 0.6) is 5.75 Å². The number of rotatable bonds is 3. The number of hydrogen-bond acceptors (Lipinski definition) is 4. The Balaban J connectivity index is 1.52. The van der Waals surface area contributed by atoms with E-state index < -0.39 is 0 Å². The fraction of sp³-hybridized carbons (Fsp3) is 0.455. The number of carbonyl (C=O) groups excluding carboxylic acids is 1. The highest BCUT2D eigenvalue weighted by Crippen LogP contribution is 2.39. The van der Waals surface area contributed by atoms with Gasteiger partial charge in [0.2, 0.25) is 5.91 Å². The fourth-order valence-electron chi connectivity index (χ4n) is 4.88. The molecule has 3 heterocycles. The Labute approximate surface area is 159 Å². The Morgan fingerprint density at radius 2 is 1.96 bits per heavy atom. The van der Waals surface area contributed by atoms with Crippen molar-refractivity contribution in [3.63, 3.8) is 0 Å². The lowest BCUT2D eigenvalue weighted by Crippen LogP contribution is -2.48. The van der Waals surface area contributed by atoms with Gasteiger partial charge in [0.25, 0.3) is 0 Å². The minimum Gasteiger partial charge on any atom is -0.487 e. The summed E-state index contributed by atoms with van der Waals surface area (Å²) >= 11 is 0. The predicted octanol–water partition coefficient (Wildman–Crippen LogP) is 3.39. The zero-order chi connectivity index (χ0) is 18.2. The van der Waals surface area contributed by atoms with Crippen molar-refractivity contribution in [2.75, 3.05) is 11.4 Å². The second kappa shape index (κ2) is 6.97. The van der Waals surface area contributed by atoms with E-state index in [2.05, 4.69) is 9.88 Å². The molecule has 1 saturated carbocycles. The molecular formula is C22H25N3O2. The first-order valence-electron chi connectivity index (χ1n) is 10.0. The summed E-state index contributed by atoms with van der Waals surface area (Å²) in [4.78, 5) is 22.3. The number of likely N-dealkylation sites (tertiary alicyclic amines) is 1. The number of amides is 1. The van der Waals surface area contributed by atoms with Crippen LogP contribution in [0, 0.1) is 0 Å². The number of nitrogens with zero attached hydrogens (tertiary/aromatic N) is 3. The highest BCUT2D eigenvalue weighted by molar-refractivity contribution is 5.99. The lowest BCUT2D eigenvalue weighted by molar-refractivity contribution is -0.123. The van der Waals surface area contributed by atoms with Gasteiger partial charge < -0.3 is 9.64 Å². The van der Waals surface area contributed by atoms with Crippen LogP contribution >= 0.6 is 0 Å². The number of para-hydroxylation sites is 2. The molecule has 1 aromatic heterocycles. The Morgan fingerprint density at radius 1 is 1.11 bits per heavy atom. The molecule has 2 aromatic rings. The summed E-state index contributed by atoms with van der Waals surface area (Å²) in [5.41, 5.74) is 1.90. The second-order valence-electron chi connectivity index (χ2n) is 7.88. The number of benzene rings is 1. The molecule has 2 bridgehead atoms. The molecule has 3 aliphatic rings. The Kier molecular flexibility index (Phi) is 4.32. The molecule has 5 rings (SSSR count). The number of pyridine rings is 1. The molecule has 1 saturated heterocycles. The summed E-state index contributed by atoms with van der Waals surface area (Å²) < 4.78 is 6.38. The fourth-order valence-corrected chi connectivity index (χ4v) is 4.88. The van der Waals surface area contributed by atoms with E-state index in [4.69, 9.17) is 4.74 Å². The van der Waals surface area contributed by atoms with Crippen molar-refractivity contribution < 1.29 is 9.53 Å². The highest BCUT2D eigenvalue weighted by atomic mass is 16.5. The van der Waals surface area contributed by atoms with Gasteiger partial charge in [-0.15, -0.1) is 0 Å². The molecule has 0 N–H and O–H groups in total. The molecule has 1 aliphatic carbocycles. The Bertz CT molecular complexity index is 819. The van der Waals surface area contributed by atoms with E-state index in [9.17, 15) is 4.79 Å². The second-order valence-corrected chi connectivity index (χ2v) is 7.88. The number of aromatic nitrogens is 1. The predicted molar refractivity (Wildman–Crippen MR) is 104 cm³/mol. The maximum atomic E-state index is 13.7. The Morgan fingerprint density at radius 3 is 2.78 bits per heavy atom. The summed E-state index contributed by atoms with van der Waals surface area (Å²) in [5.74, 6) is 1.01. The van der Waals surface area contributed by atoms with Crippen molar-refractivity contribution in [2.45, 2.75) is 56.8 Å². The zero-order valence-electron chi connectivity index (χ0n) is 15.5. The number of ether oxygens (including phenoxy) is 1. The molecule has 2 atom stereocenters. The van der Waals surface area contributed by atoms with Gasteiger partial charge >= 0.3 is 0 Å². The number of carbonyl (C=O) groups is 1. The van der Waals surface area contributed by atoms with E-state index in [0.717, 1.165) is 30.0 Å². The van der Waals surface area contributed by atoms with E-state index in [0.29, 0.717) is 12.6 Å². The van der Waals surface area contributed by atoms with E-state index in [1.54, 1.807) is 6.20 Å². The minimum absolute atomic E-state index is 0.0804. The first-order chi connectivity index (χ1) is 13.3. The van der Waals surface area contributed by atoms with E-state index in [1.165, 1.54) is 25.7 Å². The number of hydrogen-bond donors (Lipinski definition) is 0. The molecule has 2 fully saturated rings. The summed E-state index contributed by atoms with van der Waals surface area (Å²) in [6.07, 6.45) is 9.42. The molecule has 5 nitrogen and oxygen atoms in total.